The van der Waals surface area contributed by atoms with Gasteiger partial charge in [-0.05, 0) is 25.1 Å². The largest absolute Gasteiger partial charge is 0.490 e. The van der Waals surface area contributed by atoms with Crippen molar-refractivity contribution in [1.82, 2.24) is 0 Å². The van der Waals surface area contributed by atoms with Crippen molar-refractivity contribution in [2.75, 3.05) is 13.2 Å². The average molecular weight is 266 g/mol. The van der Waals surface area contributed by atoms with Crippen molar-refractivity contribution in [1.29, 1.82) is 0 Å². The number of hydrogen-bond acceptors (Lipinski definition) is 4. The number of thioether (sulfide) groups is 1. The molecule has 2 rings (SSSR count). The van der Waals surface area contributed by atoms with Crippen molar-refractivity contribution < 1.29 is 14.3 Å². The lowest BCUT2D eigenvalue weighted by Gasteiger charge is -2.12. The fourth-order valence-corrected chi connectivity index (χ4v) is 2.80. The molecule has 0 amide bonds. The third-order valence-electron chi connectivity index (χ3n) is 2.83. The molecule has 98 valence electrons. The summed E-state index contributed by atoms with van der Waals surface area (Å²) in [7, 11) is 0. The van der Waals surface area contributed by atoms with Crippen molar-refractivity contribution in [3.05, 3.63) is 18.2 Å². The Morgan fingerprint density at radius 1 is 1.33 bits per heavy atom. The van der Waals surface area contributed by atoms with Crippen LogP contribution >= 0.6 is 11.8 Å². The van der Waals surface area contributed by atoms with Crippen LogP contribution in [-0.2, 0) is 4.79 Å². The first-order valence-electron chi connectivity index (χ1n) is 6.29. The molecular weight excluding hydrogens is 248 g/mol. The SMILES string of the molecule is CCC(=O)C(C)Sc1ccc2c(c1)OCCCO2. The van der Waals surface area contributed by atoms with Crippen LogP contribution < -0.4 is 9.47 Å². The number of rotatable bonds is 4. The number of carbonyl (C=O) groups is 1. The van der Waals surface area contributed by atoms with Crippen LogP contribution in [0.3, 0.4) is 0 Å². The quantitative estimate of drug-likeness (QED) is 0.783. The lowest BCUT2D eigenvalue weighted by molar-refractivity contribution is -0.117. The molecule has 3 nitrogen and oxygen atoms in total. The highest BCUT2D eigenvalue weighted by molar-refractivity contribution is 8.00. The fraction of sp³-hybridized carbons (Fsp3) is 0.500. The molecule has 0 saturated carbocycles. The molecule has 1 atom stereocenters. The molecule has 1 aliphatic heterocycles. The summed E-state index contributed by atoms with van der Waals surface area (Å²) in [5.74, 6) is 1.85. The smallest absolute Gasteiger partial charge is 0.162 e. The summed E-state index contributed by atoms with van der Waals surface area (Å²) < 4.78 is 11.2. The normalized spacial score (nSPS) is 15.9. The van der Waals surface area contributed by atoms with Crippen molar-refractivity contribution >= 4 is 17.5 Å². The number of ether oxygens (including phenoxy) is 2. The molecule has 4 heteroatoms. The van der Waals surface area contributed by atoms with E-state index in [1.165, 1.54) is 0 Å². The number of benzene rings is 1. The second kappa shape index (κ2) is 6.14. The zero-order chi connectivity index (χ0) is 13.0. The van der Waals surface area contributed by atoms with Gasteiger partial charge in [0.15, 0.2) is 11.5 Å². The van der Waals surface area contributed by atoms with Gasteiger partial charge < -0.3 is 9.47 Å². The van der Waals surface area contributed by atoms with Crippen molar-refractivity contribution in [2.45, 2.75) is 36.8 Å². The van der Waals surface area contributed by atoms with E-state index in [4.69, 9.17) is 9.47 Å². The maximum absolute atomic E-state index is 11.6. The van der Waals surface area contributed by atoms with E-state index in [-0.39, 0.29) is 11.0 Å². The summed E-state index contributed by atoms with van der Waals surface area (Å²) >= 11 is 1.57. The Hall–Kier alpha value is -1.16. The summed E-state index contributed by atoms with van der Waals surface area (Å²) in [5.41, 5.74) is 0. The Balaban J connectivity index is 2.10. The molecule has 0 fully saturated rings. The maximum Gasteiger partial charge on any atom is 0.162 e. The molecule has 0 bridgehead atoms. The molecule has 0 spiro atoms. The summed E-state index contributed by atoms with van der Waals surface area (Å²) in [5, 5.41) is -0.0141. The minimum atomic E-state index is -0.0141. The van der Waals surface area contributed by atoms with E-state index in [9.17, 15) is 4.79 Å². The average Bonchev–Trinajstić information content (AvgIpc) is 2.62. The molecule has 1 heterocycles. The molecule has 0 radical (unpaired) electrons. The summed E-state index contributed by atoms with van der Waals surface area (Å²) in [4.78, 5) is 12.6. The first-order chi connectivity index (χ1) is 8.70. The van der Waals surface area contributed by atoms with Gasteiger partial charge in [-0.3, -0.25) is 4.79 Å². The first kappa shape index (κ1) is 13.3. The topological polar surface area (TPSA) is 35.5 Å². The maximum atomic E-state index is 11.6. The van der Waals surface area contributed by atoms with Crippen LogP contribution in [0.2, 0.25) is 0 Å². The van der Waals surface area contributed by atoms with E-state index in [1.54, 1.807) is 11.8 Å². The van der Waals surface area contributed by atoms with Gasteiger partial charge in [0.05, 0.1) is 18.5 Å². The number of hydrogen-bond donors (Lipinski definition) is 0. The predicted octanol–water partition coefficient (Wildman–Crippen LogP) is 3.31. The van der Waals surface area contributed by atoms with Gasteiger partial charge in [-0.2, -0.15) is 0 Å². The van der Waals surface area contributed by atoms with Gasteiger partial charge in [-0.15, -0.1) is 11.8 Å². The van der Waals surface area contributed by atoms with Gasteiger partial charge >= 0.3 is 0 Å². The number of carbonyl (C=O) groups excluding carboxylic acids is 1. The highest BCUT2D eigenvalue weighted by Crippen LogP contribution is 2.35. The lowest BCUT2D eigenvalue weighted by atomic mass is 10.2. The highest BCUT2D eigenvalue weighted by atomic mass is 32.2. The van der Waals surface area contributed by atoms with Crippen LogP contribution in [-0.4, -0.2) is 24.2 Å². The molecule has 1 aliphatic rings. The van der Waals surface area contributed by atoms with Gasteiger partial charge in [0, 0.05) is 17.7 Å². The lowest BCUT2D eigenvalue weighted by Crippen LogP contribution is -2.11. The standard InChI is InChI=1S/C14H18O3S/c1-3-12(15)10(2)18-11-5-6-13-14(9-11)17-8-4-7-16-13/h5-6,9-10H,3-4,7-8H2,1-2H3. The Morgan fingerprint density at radius 3 is 2.78 bits per heavy atom. The first-order valence-corrected chi connectivity index (χ1v) is 7.17. The van der Waals surface area contributed by atoms with Crippen molar-refractivity contribution in [3.8, 4) is 11.5 Å². The minimum Gasteiger partial charge on any atom is -0.490 e. The van der Waals surface area contributed by atoms with Gasteiger partial charge in [0.1, 0.15) is 5.78 Å². The van der Waals surface area contributed by atoms with Crippen LogP contribution in [0, 0.1) is 0 Å². The van der Waals surface area contributed by atoms with E-state index in [0.29, 0.717) is 19.6 Å². The minimum absolute atomic E-state index is 0.0141. The van der Waals surface area contributed by atoms with E-state index < -0.39 is 0 Å². The Labute approximate surface area is 112 Å². The predicted molar refractivity (Wildman–Crippen MR) is 72.7 cm³/mol. The van der Waals surface area contributed by atoms with E-state index in [2.05, 4.69) is 0 Å². The zero-order valence-electron chi connectivity index (χ0n) is 10.8. The molecule has 1 aromatic carbocycles. The molecule has 1 unspecified atom stereocenters. The summed E-state index contributed by atoms with van der Waals surface area (Å²) in [6.45, 7) is 5.22. The van der Waals surface area contributed by atoms with E-state index in [0.717, 1.165) is 22.8 Å². The highest BCUT2D eigenvalue weighted by Gasteiger charge is 2.15. The van der Waals surface area contributed by atoms with Crippen LogP contribution in [0.1, 0.15) is 26.7 Å². The number of Topliss-reactive ketones (excluding diaryl/α,β-unsaturated/α-hetero) is 1. The summed E-state index contributed by atoms with van der Waals surface area (Å²) in [6.07, 6.45) is 1.49. The fourth-order valence-electron chi connectivity index (χ4n) is 1.77. The van der Waals surface area contributed by atoms with Crippen LogP contribution in [0.4, 0.5) is 0 Å². The van der Waals surface area contributed by atoms with Gasteiger partial charge in [-0.25, -0.2) is 0 Å². The van der Waals surface area contributed by atoms with Crippen LogP contribution in [0.5, 0.6) is 11.5 Å². The number of ketones is 1. The van der Waals surface area contributed by atoms with E-state index in [1.807, 2.05) is 32.0 Å². The van der Waals surface area contributed by atoms with Crippen LogP contribution in [0.15, 0.2) is 23.1 Å². The van der Waals surface area contributed by atoms with Crippen molar-refractivity contribution in [2.24, 2.45) is 0 Å². The van der Waals surface area contributed by atoms with Gasteiger partial charge in [0.25, 0.3) is 0 Å². The third kappa shape index (κ3) is 3.19. The molecule has 1 aromatic rings. The molecule has 0 N–H and O–H groups in total. The molecule has 18 heavy (non-hydrogen) atoms. The molecule has 0 aromatic heterocycles. The summed E-state index contributed by atoms with van der Waals surface area (Å²) in [6, 6.07) is 5.87. The zero-order valence-corrected chi connectivity index (χ0v) is 11.6. The molecular formula is C14H18O3S. The number of fused-ring (bicyclic) bond motifs is 1. The van der Waals surface area contributed by atoms with Gasteiger partial charge in [-0.1, -0.05) is 6.92 Å². The monoisotopic (exact) mass is 266 g/mol. The third-order valence-corrected chi connectivity index (χ3v) is 3.98. The Bertz CT molecular complexity index is 431. The van der Waals surface area contributed by atoms with Crippen molar-refractivity contribution in [3.63, 3.8) is 0 Å². The molecule has 0 saturated heterocycles. The van der Waals surface area contributed by atoms with E-state index >= 15 is 0 Å². The van der Waals surface area contributed by atoms with Gasteiger partial charge in [0.2, 0.25) is 0 Å². The molecule has 0 aliphatic carbocycles. The second-order valence-electron chi connectivity index (χ2n) is 4.24. The second-order valence-corrected chi connectivity index (χ2v) is 5.65. The Kier molecular flexibility index (Phi) is 4.53. The van der Waals surface area contributed by atoms with Crippen LogP contribution in [0.25, 0.3) is 0 Å². The Morgan fingerprint density at radius 2 is 2.06 bits per heavy atom.